The SMILES string of the molecule is CC(C)C(=O)N(CC(=O)O)C(C)(C)C. The number of aliphatic carboxylic acids is 1. The summed E-state index contributed by atoms with van der Waals surface area (Å²) in [4.78, 5) is 23.7. The van der Waals surface area contributed by atoms with E-state index >= 15 is 0 Å². The van der Waals surface area contributed by atoms with Crippen molar-refractivity contribution >= 4 is 11.9 Å². The summed E-state index contributed by atoms with van der Waals surface area (Å²) in [5.74, 6) is -1.28. The summed E-state index contributed by atoms with van der Waals surface area (Å²) < 4.78 is 0. The van der Waals surface area contributed by atoms with Gasteiger partial charge in [-0.3, -0.25) is 9.59 Å². The van der Waals surface area contributed by atoms with Crippen LogP contribution in [0.1, 0.15) is 34.6 Å². The van der Waals surface area contributed by atoms with Crippen molar-refractivity contribution < 1.29 is 14.7 Å². The molecule has 0 aromatic carbocycles. The fourth-order valence-corrected chi connectivity index (χ4v) is 1.09. The molecule has 0 heterocycles. The fourth-order valence-electron chi connectivity index (χ4n) is 1.09. The van der Waals surface area contributed by atoms with Crippen LogP contribution in [0.4, 0.5) is 0 Å². The molecule has 0 fully saturated rings. The molecule has 0 aliphatic rings. The molecule has 14 heavy (non-hydrogen) atoms. The number of carbonyl (C=O) groups excluding carboxylic acids is 1. The van der Waals surface area contributed by atoms with Gasteiger partial charge < -0.3 is 10.0 Å². The summed E-state index contributed by atoms with van der Waals surface area (Å²) in [6.07, 6.45) is 0. The third-order valence-corrected chi connectivity index (χ3v) is 1.86. The van der Waals surface area contributed by atoms with Crippen molar-refractivity contribution in [2.75, 3.05) is 6.54 Å². The molecule has 0 aliphatic carbocycles. The number of nitrogens with zero attached hydrogens (tertiary/aromatic N) is 1. The van der Waals surface area contributed by atoms with Gasteiger partial charge in [-0.2, -0.15) is 0 Å². The van der Waals surface area contributed by atoms with Crippen LogP contribution in [0.25, 0.3) is 0 Å². The smallest absolute Gasteiger partial charge is 0.323 e. The maximum absolute atomic E-state index is 11.7. The van der Waals surface area contributed by atoms with Gasteiger partial charge in [-0.25, -0.2) is 0 Å². The predicted octanol–water partition coefficient (Wildman–Crippen LogP) is 1.35. The third-order valence-electron chi connectivity index (χ3n) is 1.86. The lowest BCUT2D eigenvalue weighted by atomic mass is 10.0. The molecule has 1 N–H and O–H groups in total. The molecule has 0 atom stereocenters. The van der Waals surface area contributed by atoms with Crippen LogP contribution in [-0.2, 0) is 9.59 Å². The maximum Gasteiger partial charge on any atom is 0.323 e. The van der Waals surface area contributed by atoms with Crippen molar-refractivity contribution in [2.24, 2.45) is 5.92 Å². The summed E-state index contributed by atoms with van der Waals surface area (Å²) >= 11 is 0. The summed E-state index contributed by atoms with van der Waals surface area (Å²) in [5.41, 5.74) is -0.445. The number of hydrogen-bond acceptors (Lipinski definition) is 2. The zero-order chi connectivity index (χ0) is 11.5. The maximum atomic E-state index is 11.7. The van der Waals surface area contributed by atoms with E-state index in [4.69, 9.17) is 5.11 Å². The summed E-state index contributed by atoms with van der Waals surface area (Å²) in [6, 6.07) is 0. The molecule has 4 heteroatoms. The standard InChI is InChI=1S/C10H19NO3/c1-7(2)9(14)11(6-8(12)13)10(3,4)5/h7H,6H2,1-5H3,(H,12,13). The lowest BCUT2D eigenvalue weighted by Gasteiger charge is -2.35. The Morgan fingerprint density at radius 3 is 1.93 bits per heavy atom. The highest BCUT2D eigenvalue weighted by Gasteiger charge is 2.29. The second kappa shape index (κ2) is 4.44. The topological polar surface area (TPSA) is 57.6 Å². The number of amides is 1. The fraction of sp³-hybridized carbons (Fsp3) is 0.800. The molecule has 4 nitrogen and oxygen atoms in total. The number of rotatable bonds is 3. The van der Waals surface area contributed by atoms with Crippen molar-refractivity contribution in [3.63, 3.8) is 0 Å². The Morgan fingerprint density at radius 2 is 1.71 bits per heavy atom. The summed E-state index contributed by atoms with van der Waals surface area (Å²) in [5, 5.41) is 8.68. The number of carboxylic acid groups (broad SMARTS) is 1. The lowest BCUT2D eigenvalue weighted by Crippen LogP contribution is -2.49. The molecule has 0 bridgehead atoms. The van der Waals surface area contributed by atoms with Crippen LogP contribution < -0.4 is 0 Å². The molecule has 0 unspecified atom stereocenters. The van der Waals surface area contributed by atoms with Crippen molar-refractivity contribution in [1.82, 2.24) is 4.90 Å². The highest BCUT2D eigenvalue weighted by Crippen LogP contribution is 2.16. The molecule has 0 spiro atoms. The average molecular weight is 201 g/mol. The third kappa shape index (κ3) is 3.77. The Balaban J connectivity index is 4.73. The molecule has 0 aromatic heterocycles. The quantitative estimate of drug-likeness (QED) is 0.750. The van der Waals surface area contributed by atoms with Crippen LogP contribution in [-0.4, -0.2) is 34.0 Å². The molecular formula is C10H19NO3. The normalized spacial score (nSPS) is 11.6. The van der Waals surface area contributed by atoms with Gasteiger partial charge in [-0.05, 0) is 20.8 Å². The van der Waals surface area contributed by atoms with Gasteiger partial charge in [0.2, 0.25) is 5.91 Å². The number of hydrogen-bond donors (Lipinski definition) is 1. The monoisotopic (exact) mass is 201 g/mol. The van der Waals surface area contributed by atoms with Crippen molar-refractivity contribution in [2.45, 2.75) is 40.2 Å². The molecule has 0 aliphatic heterocycles. The van der Waals surface area contributed by atoms with E-state index < -0.39 is 11.5 Å². The van der Waals surface area contributed by atoms with Crippen LogP contribution in [0.5, 0.6) is 0 Å². The van der Waals surface area contributed by atoms with E-state index in [0.717, 1.165) is 0 Å². The van der Waals surface area contributed by atoms with Crippen molar-refractivity contribution in [3.8, 4) is 0 Å². The van der Waals surface area contributed by atoms with E-state index in [2.05, 4.69) is 0 Å². The van der Waals surface area contributed by atoms with Gasteiger partial charge in [0, 0.05) is 11.5 Å². The van der Waals surface area contributed by atoms with Gasteiger partial charge in [-0.15, -0.1) is 0 Å². The Hall–Kier alpha value is -1.06. The van der Waals surface area contributed by atoms with Crippen LogP contribution >= 0.6 is 0 Å². The Morgan fingerprint density at radius 1 is 1.29 bits per heavy atom. The van der Waals surface area contributed by atoms with Gasteiger partial charge in [0.05, 0.1) is 0 Å². The first kappa shape index (κ1) is 12.9. The average Bonchev–Trinajstić information content (AvgIpc) is 1.96. The molecule has 0 radical (unpaired) electrons. The lowest BCUT2D eigenvalue weighted by molar-refractivity contribution is -0.150. The van der Waals surface area contributed by atoms with Gasteiger partial charge in [0.1, 0.15) is 6.54 Å². The first-order valence-corrected chi connectivity index (χ1v) is 4.69. The van der Waals surface area contributed by atoms with Crippen LogP contribution in [0.3, 0.4) is 0 Å². The van der Waals surface area contributed by atoms with Crippen LogP contribution in [0.15, 0.2) is 0 Å². The Bertz CT molecular complexity index is 228. The zero-order valence-electron chi connectivity index (χ0n) is 9.50. The van der Waals surface area contributed by atoms with Gasteiger partial charge in [0.15, 0.2) is 0 Å². The van der Waals surface area contributed by atoms with E-state index in [1.807, 2.05) is 20.8 Å². The molecule has 0 aromatic rings. The van der Waals surface area contributed by atoms with E-state index in [1.165, 1.54) is 4.90 Å². The van der Waals surface area contributed by atoms with E-state index in [9.17, 15) is 9.59 Å². The first-order valence-electron chi connectivity index (χ1n) is 4.69. The van der Waals surface area contributed by atoms with Crippen LogP contribution in [0.2, 0.25) is 0 Å². The molecule has 1 amide bonds. The van der Waals surface area contributed by atoms with Gasteiger partial charge in [0.25, 0.3) is 0 Å². The minimum atomic E-state index is -0.978. The van der Waals surface area contributed by atoms with Crippen LogP contribution in [0, 0.1) is 5.92 Å². The number of carbonyl (C=O) groups is 2. The molecule has 0 saturated carbocycles. The first-order chi connectivity index (χ1) is 6.16. The zero-order valence-corrected chi connectivity index (χ0v) is 9.50. The van der Waals surface area contributed by atoms with E-state index in [1.54, 1.807) is 13.8 Å². The summed E-state index contributed by atoms with van der Waals surface area (Å²) in [6.45, 7) is 8.79. The van der Waals surface area contributed by atoms with E-state index in [0.29, 0.717) is 0 Å². The Kier molecular flexibility index (Phi) is 4.10. The molecule has 82 valence electrons. The molecule has 0 saturated heterocycles. The van der Waals surface area contributed by atoms with E-state index in [-0.39, 0.29) is 18.4 Å². The van der Waals surface area contributed by atoms with Crippen molar-refractivity contribution in [1.29, 1.82) is 0 Å². The molecular weight excluding hydrogens is 182 g/mol. The highest BCUT2D eigenvalue weighted by molar-refractivity contribution is 5.83. The molecule has 0 rings (SSSR count). The van der Waals surface area contributed by atoms with Gasteiger partial charge >= 0.3 is 5.97 Å². The largest absolute Gasteiger partial charge is 0.480 e. The number of carboxylic acids is 1. The van der Waals surface area contributed by atoms with Crippen molar-refractivity contribution in [3.05, 3.63) is 0 Å². The highest BCUT2D eigenvalue weighted by atomic mass is 16.4. The predicted molar refractivity (Wildman–Crippen MR) is 53.9 cm³/mol. The van der Waals surface area contributed by atoms with Gasteiger partial charge in [-0.1, -0.05) is 13.8 Å². The second-order valence-corrected chi connectivity index (χ2v) is 4.64. The minimum Gasteiger partial charge on any atom is -0.480 e. The minimum absolute atomic E-state index is 0.125. The summed E-state index contributed by atoms with van der Waals surface area (Å²) in [7, 11) is 0. The second-order valence-electron chi connectivity index (χ2n) is 4.64. The Labute approximate surface area is 84.9 Å².